The van der Waals surface area contributed by atoms with Gasteiger partial charge in [-0.3, -0.25) is 9.79 Å². The Morgan fingerprint density at radius 3 is 1.72 bits per heavy atom. The fourth-order valence-corrected chi connectivity index (χ4v) is 13.2. The first kappa shape index (κ1) is 72.9. The summed E-state index contributed by atoms with van der Waals surface area (Å²) >= 11 is 0. The fraction of sp³-hybridized carbons (Fsp3) is 0.746. The molecule has 5 aliphatic rings. The number of carboxylic acids is 1. The van der Waals surface area contributed by atoms with Crippen molar-refractivity contribution >= 4 is 37.7 Å². The standard InChI is InChI=1S/C33H54NP.C10H12.C6H10O3.C3H8.4C2H6.C2H4.CH4O/c1-9-21(4)26(34-8)18-33-17-14-25-23(30(33)29(20(2)3)27(35)19-33)10-11-28-31(6)15-12-22(5)24(31)13-16-32(25,28)7;1-8(2)10-6-4-9(3)5-7-10;1-6(2,4-7)3-5(8)9;1-3-2;6*1-2/h20-25,28,35H,9-19H2,1-8H3;4-7H,1H2,2-3H3;4H,3H2,1-2H3,(H,8,9);3H2,1-2H3;4*1-2H3;1-2H2;2H,1H3. The fourth-order valence-electron chi connectivity index (χ4n) is 12.5. The number of aliphatic hydroxyl groups is 1. The molecule has 0 spiro atoms. The summed E-state index contributed by atoms with van der Waals surface area (Å²) in [5.74, 6) is 4.83. The molecule has 2 N–H and O–H groups in total. The molecule has 4 fully saturated rings. The van der Waals surface area contributed by atoms with E-state index in [9.17, 15) is 9.59 Å². The third kappa shape index (κ3) is 20.1. The largest absolute Gasteiger partial charge is 0.481 e. The SMILES string of the molecule is C=C.C=C(C)c1ccc(C)cc1.CC.CC.CC.CC.CC(C)(C=O)CC(=O)O.CCC.CCC(C)C(CC12CCC3C(CCC4C5(C)CCC(C)C5CCC34C)C1=C(C(C)C)C(=P)C2)=NC.CO. The smallest absolute Gasteiger partial charge is 0.304 e. The number of carbonyl (C=O) groups is 2. The number of aliphatic carboxylic acids is 1. The number of benzene rings is 1. The second-order valence-corrected chi connectivity index (χ2v) is 21.3. The number of hydrogen-bond donors (Lipinski definition) is 2. The molecular formula is C63H116NO4P. The van der Waals surface area contributed by atoms with Crippen molar-refractivity contribution in [1.29, 1.82) is 0 Å². The van der Waals surface area contributed by atoms with Gasteiger partial charge in [0.25, 0.3) is 0 Å². The Hall–Kier alpha value is -2.62. The Kier molecular flexibility index (Phi) is 39.3. The lowest BCUT2D eigenvalue weighted by molar-refractivity contribution is -0.141. The Morgan fingerprint density at radius 2 is 1.32 bits per heavy atom. The van der Waals surface area contributed by atoms with Gasteiger partial charge in [-0.25, -0.2) is 0 Å². The van der Waals surface area contributed by atoms with Gasteiger partial charge >= 0.3 is 5.97 Å². The van der Waals surface area contributed by atoms with Crippen LogP contribution in [0.4, 0.5) is 0 Å². The Labute approximate surface area is 433 Å². The van der Waals surface area contributed by atoms with E-state index in [0.29, 0.717) is 34.4 Å². The van der Waals surface area contributed by atoms with Gasteiger partial charge in [0.05, 0.1) is 6.42 Å². The summed E-state index contributed by atoms with van der Waals surface area (Å²) in [7, 11) is 7.28. The molecule has 0 aromatic heterocycles. The molecule has 9 atom stereocenters. The first-order valence-corrected chi connectivity index (χ1v) is 28.2. The highest BCUT2D eigenvalue weighted by atomic mass is 31.0. The molecule has 1 aromatic rings. The normalized spacial score (nSPS) is 27.1. The highest BCUT2D eigenvalue weighted by molar-refractivity contribution is 7.22. The number of carbonyl (C=O) groups excluding carboxylic acids is 1. The number of aliphatic imine (C=N–C) groups is 1. The summed E-state index contributed by atoms with van der Waals surface area (Å²) in [5.41, 5.74) is 9.48. The highest BCUT2D eigenvalue weighted by Gasteiger charge is 2.64. The van der Waals surface area contributed by atoms with E-state index in [-0.39, 0.29) is 6.42 Å². The molecule has 0 amide bonds. The molecule has 0 radical (unpaired) electrons. The van der Waals surface area contributed by atoms with Crippen molar-refractivity contribution in [3.63, 3.8) is 0 Å². The predicted molar refractivity (Wildman–Crippen MR) is 315 cm³/mol. The first-order chi connectivity index (χ1) is 32.6. The van der Waals surface area contributed by atoms with Gasteiger partial charge in [0, 0.05) is 30.7 Å². The van der Waals surface area contributed by atoms with Crippen LogP contribution in [-0.2, 0) is 9.59 Å². The van der Waals surface area contributed by atoms with E-state index in [1.165, 1.54) is 99.2 Å². The molecule has 6 rings (SSSR count). The number of carboxylic acid groups (broad SMARTS) is 1. The molecule has 0 heterocycles. The van der Waals surface area contributed by atoms with E-state index in [1.54, 1.807) is 19.4 Å². The van der Waals surface area contributed by atoms with Crippen LogP contribution >= 0.6 is 8.86 Å². The zero-order valence-corrected chi connectivity index (χ0v) is 50.9. The van der Waals surface area contributed by atoms with Crippen molar-refractivity contribution in [2.45, 2.75) is 229 Å². The summed E-state index contributed by atoms with van der Waals surface area (Å²) in [4.78, 5) is 25.0. The van der Waals surface area contributed by atoms with Gasteiger partial charge in [-0.05, 0) is 153 Å². The number of nitrogens with zero attached hydrogens (tertiary/aromatic N) is 1. The Bertz CT molecular complexity index is 1640. The molecule has 4 saturated carbocycles. The number of rotatable bonds is 9. The van der Waals surface area contributed by atoms with E-state index < -0.39 is 11.4 Å². The third-order valence-corrected chi connectivity index (χ3v) is 15.8. The second kappa shape index (κ2) is 37.2. The van der Waals surface area contributed by atoms with Crippen LogP contribution in [0.2, 0.25) is 0 Å². The van der Waals surface area contributed by atoms with Gasteiger partial charge in [-0.1, -0.05) is 186 Å². The monoisotopic (exact) mass is 982 g/mol. The Balaban J connectivity index is -0.000000510. The maximum absolute atomic E-state index is 10.1. The van der Waals surface area contributed by atoms with E-state index >= 15 is 0 Å². The summed E-state index contributed by atoms with van der Waals surface area (Å²) < 4.78 is 0. The van der Waals surface area contributed by atoms with E-state index in [0.717, 1.165) is 42.3 Å². The van der Waals surface area contributed by atoms with E-state index in [2.05, 4.69) is 129 Å². The minimum Gasteiger partial charge on any atom is -0.481 e. The molecule has 0 saturated heterocycles. The zero-order chi connectivity index (χ0) is 55.1. The van der Waals surface area contributed by atoms with Gasteiger partial charge in [0.1, 0.15) is 6.29 Å². The van der Waals surface area contributed by atoms with Gasteiger partial charge < -0.3 is 15.0 Å². The highest BCUT2D eigenvalue weighted by Crippen LogP contribution is 2.72. The van der Waals surface area contributed by atoms with Crippen molar-refractivity contribution in [3.05, 3.63) is 66.3 Å². The number of fused-ring (bicyclic) bond motifs is 7. The average Bonchev–Trinajstić information content (AvgIpc) is 3.83. The first-order valence-electron chi connectivity index (χ1n) is 27.7. The predicted octanol–water partition coefficient (Wildman–Crippen LogP) is 19.1. The molecule has 0 bridgehead atoms. The lowest BCUT2D eigenvalue weighted by Crippen LogP contribution is -2.57. The van der Waals surface area contributed by atoms with E-state index in [4.69, 9.17) is 15.2 Å². The molecule has 5 nitrogen and oxygen atoms in total. The zero-order valence-electron chi connectivity index (χ0n) is 49.9. The van der Waals surface area contributed by atoms with Crippen LogP contribution in [-0.4, -0.2) is 47.6 Å². The van der Waals surface area contributed by atoms with Gasteiger partial charge in [0.2, 0.25) is 0 Å². The van der Waals surface area contributed by atoms with Crippen LogP contribution in [0.5, 0.6) is 0 Å². The van der Waals surface area contributed by atoms with Crippen LogP contribution in [0.25, 0.3) is 5.57 Å². The van der Waals surface area contributed by atoms with Crippen LogP contribution in [0.1, 0.15) is 233 Å². The van der Waals surface area contributed by atoms with Crippen molar-refractivity contribution in [2.24, 2.45) is 68.1 Å². The van der Waals surface area contributed by atoms with Crippen molar-refractivity contribution < 1.29 is 19.8 Å². The summed E-state index contributed by atoms with van der Waals surface area (Å²) in [5, 5.41) is 16.8. The molecule has 69 heavy (non-hydrogen) atoms. The van der Waals surface area contributed by atoms with Gasteiger partial charge in [-0.15, -0.1) is 22.0 Å². The maximum atomic E-state index is 10.1. The van der Waals surface area contributed by atoms with Crippen LogP contribution < -0.4 is 0 Å². The summed E-state index contributed by atoms with van der Waals surface area (Å²) in [6.07, 6.45) is 17.1. The molecule has 9 unspecified atom stereocenters. The van der Waals surface area contributed by atoms with Crippen molar-refractivity contribution in [3.8, 4) is 0 Å². The minimum absolute atomic E-state index is 0.101. The molecule has 1 aromatic carbocycles. The van der Waals surface area contributed by atoms with Crippen molar-refractivity contribution in [2.75, 3.05) is 14.2 Å². The Morgan fingerprint density at radius 1 is 0.855 bits per heavy atom. The number of aliphatic hydroxyl groups excluding tert-OH is 1. The quantitative estimate of drug-likeness (QED) is 0.112. The molecule has 0 aliphatic heterocycles. The van der Waals surface area contributed by atoms with Crippen molar-refractivity contribution in [1.82, 2.24) is 0 Å². The van der Waals surface area contributed by atoms with Gasteiger partial charge in [0.15, 0.2) is 0 Å². The lowest BCUT2D eigenvalue weighted by Gasteiger charge is -2.64. The van der Waals surface area contributed by atoms with Gasteiger partial charge in [-0.2, -0.15) is 0 Å². The third-order valence-electron chi connectivity index (χ3n) is 15.4. The van der Waals surface area contributed by atoms with Crippen LogP contribution in [0.3, 0.4) is 0 Å². The molecule has 6 heteroatoms. The number of aryl methyl sites for hydroxylation is 1. The molecule has 5 aliphatic carbocycles. The second-order valence-electron chi connectivity index (χ2n) is 20.7. The van der Waals surface area contributed by atoms with Crippen LogP contribution in [0, 0.1) is 70.0 Å². The molecule has 402 valence electrons. The summed E-state index contributed by atoms with van der Waals surface area (Å²) in [6.45, 7) is 55.1. The molecular weight excluding hydrogens is 866 g/mol. The topological polar surface area (TPSA) is 87.0 Å². The number of hydrogen-bond acceptors (Lipinski definition) is 4. The summed E-state index contributed by atoms with van der Waals surface area (Å²) in [6, 6.07) is 8.39. The average molecular weight is 983 g/mol. The maximum Gasteiger partial charge on any atom is 0.304 e. The van der Waals surface area contributed by atoms with E-state index in [1.807, 2.05) is 67.9 Å². The number of allylic oxidation sites excluding steroid dienone is 3. The number of aldehydes is 1. The lowest BCUT2D eigenvalue weighted by atomic mass is 9.40. The minimum atomic E-state index is -0.938. The van der Waals surface area contributed by atoms with Crippen LogP contribution in [0.15, 0.2) is 60.1 Å².